The number of amides is 1. The Kier molecular flexibility index (Phi) is 2.46. The Balaban J connectivity index is 1.75. The molecule has 78 valence electrons. The second kappa shape index (κ2) is 3.77. The molecule has 2 rings (SSSR count). The molecule has 0 bridgehead atoms. The average molecular weight is 204 g/mol. The van der Waals surface area contributed by atoms with E-state index in [9.17, 15) is 4.79 Å². The van der Waals surface area contributed by atoms with E-state index >= 15 is 0 Å². The molecular weight excluding hydrogens is 192 g/mol. The van der Waals surface area contributed by atoms with Crippen molar-refractivity contribution in [2.45, 2.75) is 19.3 Å². The van der Waals surface area contributed by atoms with Gasteiger partial charge in [-0.25, -0.2) is 0 Å². The molecule has 0 aliphatic heterocycles. The third-order valence-corrected chi connectivity index (χ3v) is 2.64. The van der Waals surface area contributed by atoms with Gasteiger partial charge in [0.1, 0.15) is 11.2 Å². The molecule has 0 saturated heterocycles. The zero-order chi connectivity index (χ0) is 10.7. The van der Waals surface area contributed by atoms with Gasteiger partial charge in [-0.1, -0.05) is 0 Å². The Morgan fingerprint density at radius 2 is 2.47 bits per heavy atom. The van der Waals surface area contributed by atoms with Crippen LogP contribution in [-0.2, 0) is 11.2 Å². The first-order valence-electron chi connectivity index (χ1n) is 4.99. The average Bonchev–Trinajstić information content (AvgIpc) is 2.90. The van der Waals surface area contributed by atoms with Crippen molar-refractivity contribution in [2.75, 3.05) is 6.54 Å². The molecule has 1 saturated carbocycles. The Labute approximate surface area is 87.9 Å². The van der Waals surface area contributed by atoms with E-state index in [4.69, 9.17) is 9.68 Å². The fourth-order valence-corrected chi connectivity index (χ4v) is 1.44. The number of nitriles is 1. The van der Waals surface area contributed by atoms with Crippen LogP contribution in [0, 0.1) is 16.7 Å². The van der Waals surface area contributed by atoms with Crippen LogP contribution in [0.5, 0.6) is 0 Å². The lowest BCUT2D eigenvalue weighted by molar-refractivity contribution is -0.124. The summed E-state index contributed by atoms with van der Waals surface area (Å²) >= 11 is 0. The van der Waals surface area contributed by atoms with Gasteiger partial charge in [-0.15, -0.1) is 0 Å². The maximum Gasteiger partial charge on any atom is 0.240 e. The topological polar surface area (TPSA) is 66.0 Å². The highest BCUT2D eigenvalue weighted by Crippen LogP contribution is 2.44. The largest absolute Gasteiger partial charge is 0.469 e. The van der Waals surface area contributed by atoms with E-state index in [1.54, 1.807) is 6.26 Å². The van der Waals surface area contributed by atoms with Gasteiger partial charge in [-0.05, 0) is 25.0 Å². The number of furan rings is 1. The molecule has 1 aromatic heterocycles. The van der Waals surface area contributed by atoms with Gasteiger partial charge in [-0.3, -0.25) is 4.79 Å². The second-order valence-electron chi connectivity index (χ2n) is 3.78. The summed E-state index contributed by atoms with van der Waals surface area (Å²) in [6.45, 7) is 0.524. The minimum Gasteiger partial charge on any atom is -0.469 e. The first-order chi connectivity index (χ1) is 7.27. The fraction of sp³-hybridized carbons (Fsp3) is 0.455. The van der Waals surface area contributed by atoms with Crippen molar-refractivity contribution < 1.29 is 9.21 Å². The number of hydrogen-bond acceptors (Lipinski definition) is 3. The Morgan fingerprint density at radius 1 is 1.67 bits per heavy atom. The van der Waals surface area contributed by atoms with Gasteiger partial charge in [0.05, 0.1) is 12.3 Å². The normalized spacial score (nSPS) is 16.7. The lowest BCUT2D eigenvalue weighted by atomic mass is 10.1. The van der Waals surface area contributed by atoms with Crippen molar-refractivity contribution in [1.82, 2.24) is 5.32 Å². The van der Waals surface area contributed by atoms with Crippen LogP contribution in [0.3, 0.4) is 0 Å². The number of rotatable bonds is 4. The maximum atomic E-state index is 11.5. The SMILES string of the molecule is N#CC1(C(=O)NCCc2ccco2)CC1. The molecule has 1 heterocycles. The van der Waals surface area contributed by atoms with Crippen molar-refractivity contribution in [3.63, 3.8) is 0 Å². The fourth-order valence-electron chi connectivity index (χ4n) is 1.44. The van der Waals surface area contributed by atoms with Gasteiger partial charge >= 0.3 is 0 Å². The highest BCUT2D eigenvalue weighted by atomic mass is 16.3. The summed E-state index contributed by atoms with van der Waals surface area (Å²) in [5.74, 6) is 0.702. The smallest absolute Gasteiger partial charge is 0.240 e. The zero-order valence-corrected chi connectivity index (χ0v) is 8.32. The molecule has 1 aliphatic carbocycles. The number of hydrogen-bond donors (Lipinski definition) is 1. The molecule has 1 N–H and O–H groups in total. The molecule has 0 spiro atoms. The van der Waals surface area contributed by atoms with Gasteiger partial charge < -0.3 is 9.73 Å². The van der Waals surface area contributed by atoms with Gasteiger partial charge in [0.25, 0.3) is 0 Å². The minimum atomic E-state index is -0.719. The zero-order valence-electron chi connectivity index (χ0n) is 8.32. The summed E-state index contributed by atoms with van der Waals surface area (Å²) in [6.07, 6.45) is 3.65. The summed E-state index contributed by atoms with van der Waals surface area (Å²) < 4.78 is 5.13. The van der Waals surface area contributed by atoms with Crippen LogP contribution >= 0.6 is 0 Å². The first kappa shape index (κ1) is 9.78. The lowest BCUT2D eigenvalue weighted by Gasteiger charge is -2.06. The van der Waals surface area contributed by atoms with Crippen LogP contribution in [0.4, 0.5) is 0 Å². The Hall–Kier alpha value is -1.76. The quantitative estimate of drug-likeness (QED) is 0.802. The number of carbonyl (C=O) groups excluding carboxylic acids is 1. The molecule has 4 nitrogen and oxygen atoms in total. The summed E-state index contributed by atoms with van der Waals surface area (Å²) in [4.78, 5) is 11.5. The summed E-state index contributed by atoms with van der Waals surface area (Å²) in [6, 6.07) is 5.74. The van der Waals surface area contributed by atoms with Gasteiger partial charge in [0, 0.05) is 13.0 Å². The lowest BCUT2D eigenvalue weighted by Crippen LogP contribution is -2.32. The van der Waals surface area contributed by atoms with Crippen LogP contribution < -0.4 is 5.32 Å². The summed E-state index contributed by atoms with van der Waals surface area (Å²) in [5, 5.41) is 11.5. The van der Waals surface area contributed by atoms with Crippen molar-refractivity contribution in [3.8, 4) is 6.07 Å². The number of nitrogens with zero attached hydrogens (tertiary/aromatic N) is 1. The molecule has 4 heteroatoms. The third kappa shape index (κ3) is 2.01. The Morgan fingerprint density at radius 3 is 3.00 bits per heavy atom. The van der Waals surface area contributed by atoms with Gasteiger partial charge in [-0.2, -0.15) is 5.26 Å². The van der Waals surface area contributed by atoms with Crippen LogP contribution in [0.1, 0.15) is 18.6 Å². The van der Waals surface area contributed by atoms with E-state index < -0.39 is 5.41 Å². The van der Waals surface area contributed by atoms with E-state index in [1.165, 1.54) is 0 Å². The van der Waals surface area contributed by atoms with Crippen molar-refractivity contribution >= 4 is 5.91 Å². The second-order valence-corrected chi connectivity index (χ2v) is 3.78. The Bertz CT molecular complexity index is 385. The molecule has 1 aliphatic rings. The standard InChI is InChI=1S/C11H12N2O2/c12-8-11(4-5-11)10(14)13-6-3-9-2-1-7-15-9/h1-2,7H,3-6H2,(H,13,14). The molecule has 1 aromatic rings. The van der Waals surface area contributed by atoms with Crippen molar-refractivity contribution in [1.29, 1.82) is 5.26 Å². The van der Waals surface area contributed by atoms with Crippen LogP contribution in [0.25, 0.3) is 0 Å². The van der Waals surface area contributed by atoms with Crippen LogP contribution in [-0.4, -0.2) is 12.5 Å². The number of carbonyl (C=O) groups is 1. The molecule has 0 aromatic carbocycles. The molecular formula is C11H12N2O2. The summed E-state index contributed by atoms with van der Waals surface area (Å²) in [7, 11) is 0. The highest BCUT2D eigenvalue weighted by Gasteiger charge is 2.50. The van der Waals surface area contributed by atoms with E-state index in [0.717, 1.165) is 5.76 Å². The van der Waals surface area contributed by atoms with E-state index in [1.807, 2.05) is 12.1 Å². The molecule has 0 atom stereocenters. The minimum absolute atomic E-state index is 0.142. The third-order valence-electron chi connectivity index (χ3n) is 2.64. The number of nitrogens with one attached hydrogen (secondary N) is 1. The van der Waals surface area contributed by atoms with E-state index in [2.05, 4.69) is 11.4 Å². The van der Waals surface area contributed by atoms with Crippen molar-refractivity contribution in [2.24, 2.45) is 5.41 Å². The summed E-state index contributed by atoms with van der Waals surface area (Å²) in [5.41, 5.74) is -0.719. The molecule has 1 fully saturated rings. The predicted molar refractivity (Wildman–Crippen MR) is 52.7 cm³/mol. The van der Waals surface area contributed by atoms with E-state index in [-0.39, 0.29) is 5.91 Å². The predicted octanol–water partition coefficient (Wildman–Crippen LogP) is 1.24. The van der Waals surface area contributed by atoms with E-state index in [0.29, 0.717) is 25.8 Å². The van der Waals surface area contributed by atoms with Gasteiger partial charge in [0.2, 0.25) is 5.91 Å². The maximum absolute atomic E-state index is 11.5. The monoisotopic (exact) mass is 204 g/mol. The molecule has 0 radical (unpaired) electrons. The highest BCUT2D eigenvalue weighted by molar-refractivity contribution is 5.88. The first-order valence-corrected chi connectivity index (χ1v) is 4.99. The molecule has 1 amide bonds. The molecule has 0 unspecified atom stereocenters. The van der Waals surface area contributed by atoms with Gasteiger partial charge in [0.15, 0.2) is 0 Å². The van der Waals surface area contributed by atoms with Crippen LogP contribution in [0.2, 0.25) is 0 Å². The van der Waals surface area contributed by atoms with Crippen LogP contribution in [0.15, 0.2) is 22.8 Å². The molecule has 15 heavy (non-hydrogen) atoms. The van der Waals surface area contributed by atoms with Crippen molar-refractivity contribution in [3.05, 3.63) is 24.2 Å².